The van der Waals surface area contributed by atoms with Gasteiger partial charge in [-0.15, -0.1) is 24.0 Å². The summed E-state index contributed by atoms with van der Waals surface area (Å²) >= 11 is 0. The van der Waals surface area contributed by atoms with Crippen LogP contribution in [0.4, 0.5) is 0 Å². The first-order valence-electron chi connectivity index (χ1n) is 8.38. The summed E-state index contributed by atoms with van der Waals surface area (Å²) in [6.07, 6.45) is 2.66. The second-order valence-corrected chi connectivity index (χ2v) is 6.43. The number of aliphatic imine (C=N–C) groups is 1. The summed E-state index contributed by atoms with van der Waals surface area (Å²) in [5, 5.41) is 10.7. The Morgan fingerprint density at radius 3 is 2.40 bits per heavy atom. The number of hydrogen-bond acceptors (Lipinski definition) is 3. The summed E-state index contributed by atoms with van der Waals surface area (Å²) in [5.41, 5.74) is 2.62. The maximum absolute atomic E-state index is 4.28. The molecule has 0 fully saturated rings. The Labute approximate surface area is 167 Å². The third-order valence-electron chi connectivity index (χ3n) is 3.92. The average Bonchev–Trinajstić information content (AvgIpc) is 2.96. The molecule has 0 spiro atoms. The molecule has 0 saturated carbocycles. The number of benzene rings is 1. The van der Waals surface area contributed by atoms with Crippen molar-refractivity contribution in [3.05, 3.63) is 47.5 Å². The molecule has 2 aromatic rings. The van der Waals surface area contributed by atoms with E-state index in [4.69, 9.17) is 0 Å². The van der Waals surface area contributed by atoms with Crippen molar-refractivity contribution in [2.45, 2.75) is 39.8 Å². The Balaban J connectivity index is 0.00000312. The summed E-state index contributed by atoms with van der Waals surface area (Å²) in [6, 6.07) is 8.97. The van der Waals surface area contributed by atoms with Crippen LogP contribution in [0.2, 0.25) is 0 Å². The Bertz CT molecular complexity index is 662. The summed E-state index contributed by atoms with van der Waals surface area (Å²) in [6.45, 7) is 7.19. The van der Waals surface area contributed by atoms with E-state index >= 15 is 0 Å². The monoisotopic (exact) mass is 456 g/mol. The quantitative estimate of drug-likeness (QED) is 0.399. The first-order chi connectivity index (χ1) is 11.5. The van der Waals surface area contributed by atoms with Crippen molar-refractivity contribution in [1.29, 1.82) is 0 Å². The van der Waals surface area contributed by atoms with E-state index in [0.29, 0.717) is 12.5 Å². The first-order valence-corrected chi connectivity index (χ1v) is 8.38. The molecule has 1 unspecified atom stereocenters. The van der Waals surface area contributed by atoms with Gasteiger partial charge in [0, 0.05) is 14.1 Å². The zero-order valence-corrected chi connectivity index (χ0v) is 18.0. The zero-order chi connectivity index (χ0) is 17.5. The molecular weight excluding hydrogens is 427 g/mol. The van der Waals surface area contributed by atoms with E-state index in [2.05, 4.69) is 70.7 Å². The molecule has 0 amide bonds. The number of nitrogens with one attached hydrogen (secondary N) is 2. The minimum absolute atomic E-state index is 0. The molecule has 0 aliphatic carbocycles. The Morgan fingerprint density at radius 1 is 1.20 bits per heavy atom. The number of aromatic nitrogens is 3. The highest BCUT2D eigenvalue weighted by atomic mass is 127. The maximum Gasteiger partial charge on any atom is 0.191 e. The van der Waals surface area contributed by atoms with E-state index in [1.54, 1.807) is 18.1 Å². The average molecular weight is 456 g/mol. The molecule has 7 heteroatoms. The van der Waals surface area contributed by atoms with Crippen LogP contribution in [0.15, 0.2) is 35.6 Å². The van der Waals surface area contributed by atoms with Crippen molar-refractivity contribution in [2.24, 2.45) is 18.0 Å². The molecule has 2 rings (SSSR count). The van der Waals surface area contributed by atoms with Crippen LogP contribution in [0.3, 0.4) is 0 Å². The summed E-state index contributed by atoms with van der Waals surface area (Å²) in [7, 11) is 3.64. The molecule has 0 aliphatic rings. The first kappa shape index (κ1) is 21.4. The zero-order valence-electron chi connectivity index (χ0n) is 15.7. The number of nitrogens with zero attached hydrogens (tertiary/aromatic N) is 4. The lowest BCUT2D eigenvalue weighted by atomic mass is 10.00. The molecule has 1 atom stereocenters. The van der Waals surface area contributed by atoms with Gasteiger partial charge < -0.3 is 10.6 Å². The molecule has 138 valence electrons. The number of rotatable bonds is 6. The van der Waals surface area contributed by atoms with Gasteiger partial charge in [0.2, 0.25) is 0 Å². The number of hydrogen-bond donors (Lipinski definition) is 2. The van der Waals surface area contributed by atoms with Crippen LogP contribution in [-0.2, 0) is 20.0 Å². The number of guanidine groups is 1. The SMILES string of the molecule is CN=C(NCc1ncnn1C)NC(C)c1ccc(CC(C)C)cc1.I. The molecule has 0 saturated heterocycles. The van der Waals surface area contributed by atoms with Gasteiger partial charge in [0.05, 0.1) is 12.6 Å². The molecule has 0 radical (unpaired) electrons. The normalized spacial score (nSPS) is 12.6. The van der Waals surface area contributed by atoms with E-state index < -0.39 is 0 Å². The van der Waals surface area contributed by atoms with Crippen molar-refractivity contribution in [3.63, 3.8) is 0 Å². The number of aryl methyl sites for hydroxylation is 1. The third kappa shape index (κ3) is 6.64. The van der Waals surface area contributed by atoms with Gasteiger partial charge in [-0.2, -0.15) is 5.10 Å². The predicted octanol–water partition coefficient (Wildman–Crippen LogP) is 3.06. The third-order valence-corrected chi connectivity index (χ3v) is 3.92. The van der Waals surface area contributed by atoms with Crippen molar-refractivity contribution < 1.29 is 0 Å². The van der Waals surface area contributed by atoms with E-state index in [0.717, 1.165) is 18.2 Å². The highest BCUT2D eigenvalue weighted by Crippen LogP contribution is 2.15. The fourth-order valence-electron chi connectivity index (χ4n) is 2.54. The second kappa shape index (κ2) is 10.4. The lowest BCUT2D eigenvalue weighted by molar-refractivity contribution is 0.643. The molecule has 1 aromatic heterocycles. The minimum atomic E-state index is 0. The fourth-order valence-corrected chi connectivity index (χ4v) is 2.54. The topological polar surface area (TPSA) is 67.1 Å². The van der Waals surface area contributed by atoms with Crippen LogP contribution in [-0.4, -0.2) is 27.8 Å². The van der Waals surface area contributed by atoms with E-state index in [9.17, 15) is 0 Å². The molecule has 0 aliphatic heterocycles. The summed E-state index contributed by atoms with van der Waals surface area (Å²) in [4.78, 5) is 8.48. The molecule has 1 heterocycles. The Kier molecular flexibility index (Phi) is 8.88. The van der Waals surface area contributed by atoms with E-state index in [-0.39, 0.29) is 30.0 Å². The van der Waals surface area contributed by atoms with E-state index in [1.165, 1.54) is 11.1 Å². The molecule has 2 N–H and O–H groups in total. The van der Waals surface area contributed by atoms with Crippen LogP contribution in [0.25, 0.3) is 0 Å². The molecular formula is C18H29IN6. The lowest BCUT2D eigenvalue weighted by Gasteiger charge is -2.18. The fraction of sp³-hybridized carbons (Fsp3) is 0.500. The van der Waals surface area contributed by atoms with Crippen molar-refractivity contribution >= 4 is 29.9 Å². The van der Waals surface area contributed by atoms with Gasteiger partial charge in [0.15, 0.2) is 5.96 Å². The summed E-state index contributed by atoms with van der Waals surface area (Å²) in [5.74, 6) is 2.29. The van der Waals surface area contributed by atoms with Gasteiger partial charge in [-0.05, 0) is 30.4 Å². The van der Waals surface area contributed by atoms with Gasteiger partial charge in [-0.3, -0.25) is 9.67 Å². The van der Waals surface area contributed by atoms with Gasteiger partial charge in [0.25, 0.3) is 0 Å². The maximum atomic E-state index is 4.28. The van der Waals surface area contributed by atoms with Crippen LogP contribution in [0.5, 0.6) is 0 Å². The predicted molar refractivity (Wildman–Crippen MR) is 113 cm³/mol. The highest BCUT2D eigenvalue weighted by molar-refractivity contribution is 14.0. The lowest BCUT2D eigenvalue weighted by Crippen LogP contribution is -2.38. The molecule has 1 aromatic carbocycles. The van der Waals surface area contributed by atoms with Crippen LogP contribution in [0, 0.1) is 5.92 Å². The minimum Gasteiger partial charge on any atom is -0.350 e. The van der Waals surface area contributed by atoms with Gasteiger partial charge in [-0.1, -0.05) is 38.1 Å². The summed E-state index contributed by atoms with van der Waals surface area (Å²) < 4.78 is 1.75. The Hall–Kier alpha value is -1.64. The smallest absolute Gasteiger partial charge is 0.191 e. The van der Waals surface area contributed by atoms with Gasteiger partial charge >= 0.3 is 0 Å². The number of halogens is 1. The van der Waals surface area contributed by atoms with Gasteiger partial charge in [0.1, 0.15) is 12.2 Å². The van der Waals surface area contributed by atoms with Crippen molar-refractivity contribution in [3.8, 4) is 0 Å². The highest BCUT2D eigenvalue weighted by Gasteiger charge is 2.09. The van der Waals surface area contributed by atoms with Crippen molar-refractivity contribution in [2.75, 3.05) is 7.05 Å². The molecule has 25 heavy (non-hydrogen) atoms. The Morgan fingerprint density at radius 2 is 1.88 bits per heavy atom. The van der Waals surface area contributed by atoms with Crippen LogP contribution >= 0.6 is 24.0 Å². The molecule has 0 bridgehead atoms. The standard InChI is InChI=1S/C18H28N6.HI/c1-13(2)10-15-6-8-16(9-7-15)14(3)23-18(19-4)20-11-17-21-12-22-24(17)5;/h6-9,12-14H,10-11H2,1-5H3,(H2,19,20,23);1H. The van der Waals surface area contributed by atoms with E-state index in [1.807, 2.05) is 7.05 Å². The van der Waals surface area contributed by atoms with Crippen LogP contribution < -0.4 is 10.6 Å². The molecule has 6 nitrogen and oxygen atoms in total. The van der Waals surface area contributed by atoms with Gasteiger partial charge in [-0.25, -0.2) is 4.98 Å². The van der Waals surface area contributed by atoms with Crippen molar-refractivity contribution in [1.82, 2.24) is 25.4 Å². The largest absolute Gasteiger partial charge is 0.350 e. The second-order valence-electron chi connectivity index (χ2n) is 6.43. The van der Waals surface area contributed by atoms with Crippen LogP contribution in [0.1, 0.15) is 43.8 Å².